The fraction of sp³-hybridized carbons (Fsp3) is 0.188. The van der Waals surface area contributed by atoms with Crippen molar-refractivity contribution in [3.05, 3.63) is 58.4 Å². The number of anilines is 2. The Bertz CT molecular complexity index is 650. The summed E-state index contributed by atoms with van der Waals surface area (Å²) in [6.07, 6.45) is 0. The van der Waals surface area contributed by atoms with Gasteiger partial charge in [-0.2, -0.15) is 0 Å². The molecule has 0 unspecified atom stereocenters. The Morgan fingerprint density at radius 1 is 1.24 bits per heavy atom. The highest BCUT2D eigenvalue weighted by atomic mass is 35.5. The highest BCUT2D eigenvalue weighted by Gasteiger charge is 2.09. The van der Waals surface area contributed by atoms with Gasteiger partial charge in [0.15, 0.2) is 0 Å². The first-order valence-corrected chi connectivity index (χ1v) is 6.90. The lowest BCUT2D eigenvalue weighted by Gasteiger charge is -2.13. The summed E-state index contributed by atoms with van der Waals surface area (Å²) < 4.78 is 13.4. The van der Waals surface area contributed by atoms with E-state index >= 15 is 0 Å². The second-order valence-electron chi connectivity index (χ2n) is 4.82. The number of hydrogen-bond donors (Lipinski definition) is 2. The minimum absolute atomic E-state index is 0.0119. The van der Waals surface area contributed by atoms with Crippen molar-refractivity contribution in [2.24, 2.45) is 0 Å². The van der Waals surface area contributed by atoms with Crippen molar-refractivity contribution in [1.82, 2.24) is 0 Å². The molecule has 0 heterocycles. The van der Waals surface area contributed by atoms with Crippen molar-refractivity contribution in [3.8, 4) is 0 Å². The lowest BCUT2D eigenvalue weighted by Crippen LogP contribution is -2.22. The fourth-order valence-electron chi connectivity index (χ4n) is 2.07. The molecule has 2 aromatic rings. The highest BCUT2D eigenvalue weighted by Crippen LogP contribution is 2.27. The first kappa shape index (κ1) is 15.3. The van der Waals surface area contributed by atoms with Crippen LogP contribution in [0.15, 0.2) is 36.4 Å². The van der Waals surface area contributed by atoms with Gasteiger partial charge in [-0.1, -0.05) is 29.8 Å². The molecule has 21 heavy (non-hydrogen) atoms. The maximum Gasteiger partial charge on any atom is 0.243 e. The van der Waals surface area contributed by atoms with Crippen LogP contribution in [0.3, 0.4) is 0 Å². The molecule has 1 amide bonds. The Kier molecular flexibility index (Phi) is 4.81. The zero-order chi connectivity index (χ0) is 15.4. The molecule has 2 rings (SSSR count). The summed E-state index contributed by atoms with van der Waals surface area (Å²) in [4.78, 5) is 11.8. The van der Waals surface area contributed by atoms with Crippen molar-refractivity contribution in [3.63, 3.8) is 0 Å². The van der Waals surface area contributed by atoms with E-state index in [1.165, 1.54) is 12.1 Å². The van der Waals surface area contributed by atoms with Gasteiger partial charge in [0.05, 0.1) is 22.9 Å². The van der Waals surface area contributed by atoms with Crippen molar-refractivity contribution in [1.29, 1.82) is 0 Å². The highest BCUT2D eigenvalue weighted by molar-refractivity contribution is 6.33. The zero-order valence-electron chi connectivity index (χ0n) is 11.8. The smallest absolute Gasteiger partial charge is 0.243 e. The topological polar surface area (TPSA) is 41.1 Å². The van der Waals surface area contributed by atoms with E-state index in [0.29, 0.717) is 10.7 Å². The van der Waals surface area contributed by atoms with Crippen LogP contribution in [0.5, 0.6) is 0 Å². The van der Waals surface area contributed by atoms with E-state index in [0.717, 1.165) is 11.1 Å². The Labute approximate surface area is 128 Å². The molecule has 2 aromatic carbocycles. The third-order valence-corrected chi connectivity index (χ3v) is 3.30. The predicted octanol–water partition coefficient (Wildman–Crippen LogP) is 4.15. The van der Waals surface area contributed by atoms with Crippen LogP contribution in [0.2, 0.25) is 5.02 Å². The van der Waals surface area contributed by atoms with E-state index in [1.54, 1.807) is 12.1 Å². The molecule has 0 spiro atoms. The molecule has 0 atom stereocenters. The zero-order valence-corrected chi connectivity index (χ0v) is 12.6. The maximum atomic E-state index is 13.4. The van der Waals surface area contributed by atoms with E-state index in [2.05, 4.69) is 10.6 Å². The summed E-state index contributed by atoms with van der Waals surface area (Å²) in [6.45, 7) is 3.88. The van der Waals surface area contributed by atoms with Gasteiger partial charge in [-0.05, 0) is 43.2 Å². The van der Waals surface area contributed by atoms with Gasteiger partial charge in [-0.25, -0.2) is 4.39 Å². The van der Waals surface area contributed by atoms with Crippen LogP contribution in [0.4, 0.5) is 15.8 Å². The number of carbonyl (C=O) groups excluding carboxylic acids is 1. The molecule has 0 aliphatic heterocycles. The summed E-state index contributed by atoms with van der Waals surface area (Å²) in [5.74, 6) is -0.799. The SMILES string of the molecule is Cc1cc(C)c(NCC(=O)Nc2ccccc2F)c(Cl)c1. The standard InChI is InChI=1S/C16H16ClFN2O/c1-10-7-11(2)16(12(17)8-10)19-9-15(21)20-14-6-4-3-5-13(14)18/h3-8,19H,9H2,1-2H3,(H,20,21). The first-order chi connectivity index (χ1) is 9.97. The predicted molar refractivity (Wildman–Crippen MR) is 84.4 cm³/mol. The lowest BCUT2D eigenvalue weighted by molar-refractivity contribution is -0.114. The number of nitrogens with one attached hydrogen (secondary N) is 2. The molecule has 3 nitrogen and oxygen atoms in total. The molecule has 0 radical (unpaired) electrons. The monoisotopic (exact) mass is 306 g/mol. The van der Waals surface area contributed by atoms with Crippen LogP contribution >= 0.6 is 11.6 Å². The Hall–Kier alpha value is -2.07. The Balaban J connectivity index is 2.01. The van der Waals surface area contributed by atoms with Crippen molar-refractivity contribution < 1.29 is 9.18 Å². The average Bonchev–Trinajstić information content (AvgIpc) is 2.40. The molecule has 110 valence electrons. The normalized spacial score (nSPS) is 10.3. The second kappa shape index (κ2) is 6.59. The van der Waals surface area contributed by atoms with Gasteiger partial charge >= 0.3 is 0 Å². The van der Waals surface area contributed by atoms with Crippen LogP contribution in [0.25, 0.3) is 0 Å². The van der Waals surface area contributed by atoms with E-state index < -0.39 is 5.82 Å². The molecule has 0 aliphatic rings. The van der Waals surface area contributed by atoms with Gasteiger partial charge in [0, 0.05) is 0 Å². The average molecular weight is 307 g/mol. The maximum absolute atomic E-state index is 13.4. The third-order valence-electron chi connectivity index (χ3n) is 3.01. The van der Waals surface area contributed by atoms with Crippen molar-refractivity contribution in [2.45, 2.75) is 13.8 Å². The molecule has 0 fully saturated rings. The quantitative estimate of drug-likeness (QED) is 0.891. The molecular weight excluding hydrogens is 291 g/mol. The number of carbonyl (C=O) groups is 1. The van der Waals surface area contributed by atoms with E-state index in [-0.39, 0.29) is 18.1 Å². The fourth-order valence-corrected chi connectivity index (χ4v) is 2.45. The van der Waals surface area contributed by atoms with Crippen molar-refractivity contribution >= 4 is 28.9 Å². The summed E-state index contributed by atoms with van der Waals surface area (Å²) in [6, 6.07) is 9.84. The molecule has 5 heteroatoms. The van der Waals surface area contributed by atoms with Gasteiger partial charge in [-0.15, -0.1) is 0 Å². The number of amides is 1. The minimum atomic E-state index is -0.463. The van der Waals surface area contributed by atoms with Gasteiger partial charge in [0.1, 0.15) is 5.82 Å². The molecule has 0 saturated heterocycles. The molecular formula is C16H16ClFN2O. The van der Waals surface area contributed by atoms with Gasteiger partial charge in [-0.3, -0.25) is 4.79 Å². The van der Waals surface area contributed by atoms with E-state index in [1.807, 2.05) is 26.0 Å². The minimum Gasteiger partial charge on any atom is -0.375 e. The molecule has 0 bridgehead atoms. The molecule has 0 aromatic heterocycles. The lowest BCUT2D eigenvalue weighted by atomic mass is 10.1. The molecule has 0 aliphatic carbocycles. The first-order valence-electron chi connectivity index (χ1n) is 6.52. The summed E-state index contributed by atoms with van der Waals surface area (Å²) >= 11 is 6.15. The van der Waals surface area contributed by atoms with Gasteiger partial charge in [0.25, 0.3) is 0 Å². The molecule has 2 N–H and O–H groups in total. The van der Waals surface area contributed by atoms with Gasteiger partial charge < -0.3 is 10.6 Å². The summed E-state index contributed by atoms with van der Waals surface area (Å²) in [7, 11) is 0. The van der Waals surface area contributed by atoms with Crippen LogP contribution in [0.1, 0.15) is 11.1 Å². The second-order valence-corrected chi connectivity index (χ2v) is 5.23. The Morgan fingerprint density at radius 3 is 2.62 bits per heavy atom. The van der Waals surface area contributed by atoms with E-state index in [9.17, 15) is 9.18 Å². The number of hydrogen-bond acceptors (Lipinski definition) is 2. The van der Waals surface area contributed by atoms with Gasteiger partial charge in [0.2, 0.25) is 5.91 Å². The van der Waals surface area contributed by atoms with E-state index in [4.69, 9.17) is 11.6 Å². The van der Waals surface area contributed by atoms with Crippen LogP contribution < -0.4 is 10.6 Å². The number of rotatable bonds is 4. The largest absolute Gasteiger partial charge is 0.375 e. The third kappa shape index (κ3) is 3.95. The Morgan fingerprint density at radius 2 is 1.95 bits per heavy atom. The molecule has 0 saturated carbocycles. The summed E-state index contributed by atoms with van der Waals surface area (Å²) in [5.41, 5.74) is 2.89. The van der Waals surface area contributed by atoms with Crippen LogP contribution in [-0.2, 0) is 4.79 Å². The number of aryl methyl sites for hydroxylation is 2. The number of para-hydroxylation sites is 1. The van der Waals surface area contributed by atoms with Crippen LogP contribution in [-0.4, -0.2) is 12.5 Å². The summed E-state index contributed by atoms with van der Waals surface area (Å²) in [5, 5.41) is 6.05. The number of benzene rings is 2. The van der Waals surface area contributed by atoms with Crippen molar-refractivity contribution in [2.75, 3.05) is 17.2 Å². The number of halogens is 2. The van der Waals surface area contributed by atoms with Crippen LogP contribution in [0, 0.1) is 19.7 Å².